The first-order valence-electron chi connectivity index (χ1n) is 6.38. The first-order valence-corrected chi connectivity index (χ1v) is 6.38. The largest absolute Gasteiger partial charge is 0.388 e. The smallest absolute Gasteiger partial charge is 0.0838 e. The lowest BCUT2D eigenvalue weighted by molar-refractivity contribution is 0.0626. The highest BCUT2D eigenvalue weighted by Crippen LogP contribution is 2.48. The Kier molecular flexibility index (Phi) is 3.04. The van der Waals surface area contributed by atoms with Gasteiger partial charge in [0.2, 0.25) is 0 Å². The zero-order valence-corrected chi connectivity index (χ0v) is 11.0. The molecule has 1 atom stereocenters. The maximum Gasteiger partial charge on any atom is 0.0838 e. The Labute approximate surface area is 104 Å². The lowest BCUT2D eigenvalue weighted by atomic mass is 9.83. The van der Waals surface area contributed by atoms with Crippen LogP contribution in [0.25, 0.3) is 0 Å². The molecule has 0 radical (unpaired) electrons. The van der Waals surface area contributed by atoms with Crippen LogP contribution in [0.1, 0.15) is 50.8 Å². The average Bonchev–Trinajstić information content (AvgIpc) is 3.08. The van der Waals surface area contributed by atoms with E-state index in [1.165, 1.54) is 18.4 Å². The van der Waals surface area contributed by atoms with Gasteiger partial charge in [-0.05, 0) is 29.4 Å². The molecular formula is C15H23NO. The van der Waals surface area contributed by atoms with Gasteiger partial charge in [-0.1, -0.05) is 45.0 Å². The van der Waals surface area contributed by atoms with Crippen LogP contribution in [0, 0.1) is 5.41 Å². The molecule has 3 N–H and O–H groups in total. The Bertz CT molecular complexity index is 402. The predicted molar refractivity (Wildman–Crippen MR) is 70.8 cm³/mol. The molecule has 0 saturated heterocycles. The third kappa shape index (κ3) is 2.38. The van der Waals surface area contributed by atoms with Crippen molar-refractivity contribution in [3.63, 3.8) is 0 Å². The van der Waals surface area contributed by atoms with Gasteiger partial charge in [0.25, 0.3) is 0 Å². The standard InChI is InChI=1S/C15H23NO/c1-14(2,3)13(17)11-5-4-6-12(9-11)15(10-16)7-8-15/h4-6,9,13,17H,7-8,10,16H2,1-3H3. The lowest BCUT2D eigenvalue weighted by Crippen LogP contribution is -2.21. The molecule has 94 valence electrons. The van der Waals surface area contributed by atoms with Crippen LogP contribution < -0.4 is 5.73 Å². The molecule has 1 aliphatic rings. The molecule has 2 rings (SSSR count). The molecule has 1 aromatic rings. The maximum absolute atomic E-state index is 10.3. The molecule has 1 fully saturated rings. The summed E-state index contributed by atoms with van der Waals surface area (Å²) in [4.78, 5) is 0. The van der Waals surface area contributed by atoms with Crippen molar-refractivity contribution in [1.29, 1.82) is 0 Å². The monoisotopic (exact) mass is 233 g/mol. The topological polar surface area (TPSA) is 46.2 Å². The van der Waals surface area contributed by atoms with Gasteiger partial charge in [0, 0.05) is 12.0 Å². The molecule has 2 nitrogen and oxygen atoms in total. The van der Waals surface area contributed by atoms with Crippen molar-refractivity contribution in [2.24, 2.45) is 11.1 Å². The predicted octanol–water partition coefficient (Wildman–Crippen LogP) is 2.76. The van der Waals surface area contributed by atoms with Crippen molar-refractivity contribution < 1.29 is 5.11 Å². The molecule has 1 aromatic carbocycles. The van der Waals surface area contributed by atoms with Crippen molar-refractivity contribution in [2.45, 2.75) is 45.1 Å². The van der Waals surface area contributed by atoms with Gasteiger partial charge < -0.3 is 10.8 Å². The van der Waals surface area contributed by atoms with Gasteiger partial charge in [-0.2, -0.15) is 0 Å². The van der Waals surface area contributed by atoms with E-state index in [4.69, 9.17) is 5.73 Å². The van der Waals surface area contributed by atoms with E-state index >= 15 is 0 Å². The first-order chi connectivity index (χ1) is 7.89. The van der Waals surface area contributed by atoms with E-state index in [1.54, 1.807) is 0 Å². The fraction of sp³-hybridized carbons (Fsp3) is 0.600. The molecule has 0 aromatic heterocycles. The highest BCUT2D eigenvalue weighted by Gasteiger charge is 2.43. The van der Waals surface area contributed by atoms with Gasteiger partial charge in [-0.3, -0.25) is 0 Å². The van der Waals surface area contributed by atoms with Gasteiger partial charge in [0.05, 0.1) is 6.10 Å². The Hall–Kier alpha value is -0.860. The summed E-state index contributed by atoms with van der Waals surface area (Å²) in [5.41, 5.74) is 8.23. The highest BCUT2D eigenvalue weighted by molar-refractivity contribution is 5.36. The van der Waals surface area contributed by atoms with E-state index in [2.05, 4.69) is 32.9 Å². The van der Waals surface area contributed by atoms with Crippen LogP contribution in [0.2, 0.25) is 0 Å². The molecule has 2 heteroatoms. The molecule has 0 amide bonds. The van der Waals surface area contributed by atoms with Crippen molar-refractivity contribution in [3.05, 3.63) is 35.4 Å². The quantitative estimate of drug-likeness (QED) is 0.843. The van der Waals surface area contributed by atoms with E-state index in [0.29, 0.717) is 6.54 Å². The minimum atomic E-state index is -0.420. The normalized spacial score (nSPS) is 20.1. The van der Waals surface area contributed by atoms with Crippen LogP contribution in [0.4, 0.5) is 0 Å². The minimum Gasteiger partial charge on any atom is -0.388 e. The second-order valence-electron chi connectivity index (χ2n) is 6.38. The SMILES string of the molecule is CC(C)(C)C(O)c1cccc(C2(CN)CC2)c1. The average molecular weight is 233 g/mol. The lowest BCUT2D eigenvalue weighted by Gasteiger charge is -2.27. The Balaban J connectivity index is 2.29. The number of hydrogen-bond donors (Lipinski definition) is 2. The zero-order chi connectivity index (χ0) is 12.7. The second kappa shape index (κ2) is 4.11. The van der Waals surface area contributed by atoms with E-state index in [1.807, 2.05) is 12.1 Å². The second-order valence-corrected chi connectivity index (χ2v) is 6.38. The van der Waals surface area contributed by atoms with Crippen molar-refractivity contribution in [3.8, 4) is 0 Å². The van der Waals surface area contributed by atoms with Crippen LogP contribution in [0.5, 0.6) is 0 Å². The number of aliphatic hydroxyl groups is 1. The van der Waals surface area contributed by atoms with Crippen LogP contribution >= 0.6 is 0 Å². The molecule has 0 bridgehead atoms. The van der Waals surface area contributed by atoms with Crippen molar-refractivity contribution >= 4 is 0 Å². The van der Waals surface area contributed by atoms with E-state index in [9.17, 15) is 5.11 Å². The van der Waals surface area contributed by atoms with Gasteiger partial charge in [0.15, 0.2) is 0 Å². The van der Waals surface area contributed by atoms with E-state index in [-0.39, 0.29) is 10.8 Å². The van der Waals surface area contributed by atoms with Crippen LogP contribution in [-0.2, 0) is 5.41 Å². The molecule has 1 saturated carbocycles. The number of hydrogen-bond acceptors (Lipinski definition) is 2. The van der Waals surface area contributed by atoms with E-state index < -0.39 is 6.10 Å². The molecular weight excluding hydrogens is 210 g/mol. The maximum atomic E-state index is 10.3. The third-order valence-electron chi connectivity index (χ3n) is 3.88. The van der Waals surface area contributed by atoms with E-state index in [0.717, 1.165) is 5.56 Å². The van der Waals surface area contributed by atoms with Gasteiger partial charge in [-0.25, -0.2) is 0 Å². The third-order valence-corrected chi connectivity index (χ3v) is 3.88. The number of rotatable bonds is 3. The highest BCUT2D eigenvalue weighted by atomic mass is 16.3. The van der Waals surface area contributed by atoms with Crippen LogP contribution in [0.15, 0.2) is 24.3 Å². The first kappa shape index (κ1) is 12.6. The summed E-state index contributed by atoms with van der Waals surface area (Å²) in [5, 5.41) is 10.3. The Morgan fingerprint density at radius 3 is 2.47 bits per heavy atom. The fourth-order valence-corrected chi connectivity index (χ4v) is 2.30. The Morgan fingerprint density at radius 1 is 1.35 bits per heavy atom. The Morgan fingerprint density at radius 2 is 2.00 bits per heavy atom. The summed E-state index contributed by atoms with van der Waals surface area (Å²) in [6, 6.07) is 8.32. The number of benzene rings is 1. The van der Waals surface area contributed by atoms with Gasteiger partial charge in [0.1, 0.15) is 0 Å². The summed E-state index contributed by atoms with van der Waals surface area (Å²) in [7, 11) is 0. The minimum absolute atomic E-state index is 0.127. The molecule has 1 unspecified atom stereocenters. The summed E-state index contributed by atoms with van der Waals surface area (Å²) < 4.78 is 0. The zero-order valence-electron chi connectivity index (χ0n) is 11.0. The molecule has 0 heterocycles. The van der Waals surface area contributed by atoms with Gasteiger partial charge >= 0.3 is 0 Å². The molecule has 17 heavy (non-hydrogen) atoms. The number of aliphatic hydroxyl groups excluding tert-OH is 1. The summed E-state index contributed by atoms with van der Waals surface area (Å²) >= 11 is 0. The summed E-state index contributed by atoms with van der Waals surface area (Å²) in [5.74, 6) is 0. The van der Waals surface area contributed by atoms with Crippen LogP contribution in [0.3, 0.4) is 0 Å². The molecule has 1 aliphatic carbocycles. The molecule has 0 aliphatic heterocycles. The van der Waals surface area contributed by atoms with Crippen LogP contribution in [-0.4, -0.2) is 11.7 Å². The fourth-order valence-electron chi connectivity index (χ4n) is 2.30. The summed E-state index contributed by atoms with van der Waals surface area (Å²) in [6.07, 6.45) is 1.94. The van der Waals surface area contributed by atoms with Crippen molar-refractivity contribution in [2.75, 3.05) is 6.54 Å². The summed E-state index contributed by atoms with van der Waals surface area (Å²) in [6.45, 7) is 6.88. The van der Waals surface area contributed by atoms with Gasteiger partial charge in [-0.15, -0.1) is 0 Å². The van der Waals surface area contributed by atoms with Crippen molar-refractivity contribution in [1.82, 2.24) is 0 Å². The number of nitrogens with two attached hydrogens (primary N) is 1. The molecule has 0 spiro atoms.